The molecule has 1 aliphatic carbocycles. The maximum absolute atomic E-state index is 11.9. The molecule has 106 valence electrons. The molecule has 0 atom stereocenters. The third-order valence-electron chi connectivity index (χ3n) is 3.51. The Balaban J connectivity index is 2.12. The Morgan fingerprint density at radius 3 is 2.68 bits per heavy atom. The summed E-state index contributed by atoms with van der Waals surface area (Å²) in [6, 6.07) is 0.370. The molecule has 0 bridgehead atoms. The van der Waals surface area contributed by atoms with Crippen LogP contribution in [0.2, 0.25) is 5.02 Å². The highest BCUT2D eigenvalue weighted by Crippen LogP contribution is 2.23. The molecule has 0 aliphatic heterocycles. The average Bonchev–Trinajstić information content (AvgIpc) is 2.67. The summed E-state index contributed by atoms with van der Waals surface area (Å²) in [7, 11) is 0. The highest BCUT2D eigenvalue weighted by molar-refractivity contribution is 6.32. The molecule has 0 saturated heterocycles. The van der Waals surface area contributed by atoms with E-state index in [-0.39, 0.29) is 23.7 Å². The van der Waals surface area contributed by atoms with Gasteiger partial charge in [-0.3, -0.25) is 4.79 Å². The fourth-order valence-electron chi connectivity index (χ4n) is 2.46. The van der Waals surface area contributed by atoms with Crippen LogP contribution in [0.25, 0.3) is 0 Å². The van der Waals surface area contributed by atoms with Crippen molar-refractivity contribution in [2.75, 3.05) is 11.9 Å². The number of halogens is 1. The summed E-state index contributed by atoms with van der Waals surface area (Å²) in [5.74, 6) is 0. The molecular weight excluding hydrogens is 266 g/mol. The van der Waals surface area contributed by atoms with E-state index < -0.39 is 0 Å². The molecule has 1 aliphatic rings. The van der Waals surface area contributed by atoms with Gasteiger partial charge in [0, 0.05) is 6.04 Å². The second-order valence-corrected chi connectivity index (χ2v) is 5.33. The van der Waals surface area contributed by atoms with Crippen LogP contribution in [-0.4, -0.2) is 27.5 Å². The van der Waals surface area contributed by atoms with Crippen LogP contribution in [-0.2, 0) is 6.54 Å². The van der Waals surface area contributed by atoms with Crippen molar-refractivity contribution in [3.63, 3.8) is 0 Å². The molecule has 1 fully saturated rings. The molecule has 0 unspecified atom stereocenters. The Labute approximate surface area is 117 Å². The van der Waals surface area contributed by atoms with Gasteiger partial charge in [0.15, 0.2) is 0 Å². The Morgan fingerprint density at radius 1 is 1.37 bits per heavy atom. The molecule has 0 spiro atoms. The van der Waals surface area contributed by atoms with Crippen molar-refractivity contribution in [2.24, 2.45) is 0 Å². The van der Waals surface area contributed by atoms with Crippen molar-refractivity contribution in [3.05, 3.63) is 21.6 Å². The van der Waals surface area contributed by atoms with Gasteiger partial charge in [0.2, 0.25) is 0 Å². The van der Waals surface area contributed by atoms with Gasteiger partial charge in [-0.05, 0) is 12.8 Å². The lowest BCUT2D eigenvalue weighted by Crippen LogP contribution is -2.27. The predicted octanol–water partition coefficient (Wildman–Crippen LogP) is 2.02. The summed E-state index contributed by atoms with van der Waals surface area (Å²) in [4.78, 5) is 11.9. The Hall–Kier alpha value is -1.07. The molecular formula is C13H20ClN3O2. The molecule has 1 aromatic rings. The summed E-state index contributed by atoms with van der Waals surface area (Å²) in [5.41, 5.74) is 0.252. The average molecular weight is 286 g/mol. The third kappa shape index (κ3) is 3.70. The zero-order chi connectivity index (χ0) is 13.7. The monoisotopic (exact) mass is 285 g/mol. The van der Waals surface area contributed by atoms with E-state index in [2.05, 4.69) is 10.4 Å². The first kappa shape index (κ1) is 14.3. The number of nitrogens with one attached hydrogen (secondary N) is 1. The Morgan fingerprint density at radius 2 is 2.05 bits per heavy atom. The van der Waals surface area contributed by atoms with Crippen LogP contribution in [0.1, 0.15) is 38.5 Å². The second kappa shape index (κ2) is 6.91. The molecule has 6 heteroatoms. The number of hydrogen-bond acceptors (Lipinski definition) is 4. The van der Waals surface area contributed by atoms with Gasteiger partial charge in [0.05, 0.1) is 25.0 Å². The lowest BCUT2D eigenvalue weighted by atomic mass is 10.1. The zero-order valence-electron chi connectivity index (χ0n) is 10.9. The minimum absolute atomic E-state index is 0.126. The number of anilines is 1. The Bertz CT molecular complexity index is 467. The van der Waals surface area contributed by atoms with E-state index >= 15 is 0 Å². The van der Waals surface area contributed by atoms with E-state index in [1.807, 2.05) is 0 Å². The number of aliphatic hydroxyl groups is 1. The van der Waals surface area contributed by atoms with E-state index in [4.69, 9.17) is 16.7 Å². The van der Waals surface area contributed by atoms with Crippen molar-refractivity contribution in [2.45, 2.75) is 51.1 Å². The number of rotatable bonds is 4. The van der Waals surface area contributed by atoms with Crippen LogP contribution in [0.15, 0.2) is 11.0 Å². The van der Waals surface area contributed by atoms with E-state index in [0.29, 0.717) is 11.7 Å². The number of hydrogen-bond donors (Lipinski definition) is 2. The lowest BCUT2D eigenvalue weighted by Gasteiger charge is -2.18. The predicted molar refractivity (Wildman–Crippen MR) is 75.7 cm³/mol. The first-order chi connectivity index (χ1) is 9.22. The molecule has 0 aromatic carbocycles. The maximum Gasteiger partial charge on any atom is 0.287 e. The molecule has 1 heterocycles. The zero-order valence-corrected chi connectivity index (χ0v) is 11.7. The SMILES string of the molecule is O=c1c(Cl)c(NC2CCCCCC2)cnn1CCO. The van der Waals surface area contributed by atoms with Crippen molar-refractivity contribution in [3.8, 4) is 0 Å². The van der Waals surface area contributed by atoms with Gasteiger partial charge in [0.25, 0.3) is 5.56 Å². The van der Waals surface area contributed by atoms with Crippen LogP contribution in [0.4, 0.5) is 5.69 Å². The van der Waals surface area contributed by atoms with Crippen LogP contribution >= 0.6 is 11.6 Å². The molecule has 2 N–H and O–H groups in total. The molecule has 19 heavy (non-hydrogen) atoms. The van der Waals surface area contributed by atoms with E-state index in [0.717, 1.165) is 12.8 Å². The summed E-state index contributed by atoms with van der Waals surface area (Å²) >= 11 is 6.08. The topological polar surface area (TPSA) is 67.2 Å². The van der Waals surface area contributed by atoms with Crippen molar-refractivity contribution >= 4 is 17.3 Å². The van der Waals surface area contributed by atoms with E-state index in [1.165, 1.54) is 30.4 Å². The fraction of sp³-hybridized carbons (Fsp3) is 0.692. The number of aromatic nitrogens is 2. The van der Waals surface area contributed by atoms with Gasteiger partial charge in [-0.25, -0.2) is 4.68 Å². The molecule has 0 amide bonds. The molecule has 1 saturated carbocycles. The van der Waals surface area contributed by atoms with E-state index in [1.54, 1.807) is 6.20 Å². The molecule has 2 rings (SSSR count). The van der Waals surface area contributed by atoms with E-state index in [9.17, 15) is 4.79 Å². The van der Waals surface area contributed by atoms with Crippen LogP contribution < -0.4 is 10.9 Å². The smallest absolute Gasteiger partial charge is 0.287 e. The van der Waals surface area contributed by atoms with Crippen LogP contribution in [0.5, 0.6) is 0 Å². The Kier molecular flexibility index (Phi) is 5.22. The number of nitrogens with zero attached hydrogens (tertiary/aromatic N) is 2. The van der Waals surface area contributed by atoms with Gasteiger partial charge in [-0.15, -0.1) is 0 Å². The fourth-order valence-corrected chi connectivity index (χ4v) is 2.66. The minimum Gasteiger partial charge on any atom is -0.394 e. The molecule has 1 aromatic heterocycles. The summed E-state index contributed by atoms with van der Waals surface area (Å²) < 4.78 is 1.18. The standard InChI is InChI=1S/C13H20ClN3O2/c14-12-11(9-15-17(7-8-18)13(12)19)16-10-5-3-1-2-4-6-10/h9-10,16,18H,1-8H2. The van der Waals surface area contributed by atoms with Crippen molar-refractivity contribution in [1.29, 1.82) is 0 Å². The maximum atomic E-state index is 11.9. The molecule has 0 radical (unpaired) electrons. The summed E-state index contributed by atoms with van der Waals surface area (Å²) in [5, 5.41) is 16.3. The van der Waals surface area contributed by atoms with Crippen LogP contribution in [0.3, 0.4) is 0 Å². The highest BCUT2D eigenvalue weighted by Gasteiger charge is 2.15. The first-order valence-electron chi connectivity index (χ1n) is 6.85. The second-order valence-electron chi connectivity index (χ2n) is 4.96. The van der Waals surface area contributed by atoms with Gasteiger partial charge >= 0.3 is 0 Å². The van der Waals surface area contributed by atoms with Gasteiger partial charge in [-0.1, -0.05) is 37.3 Å². The highest BCUT2D eigenvalue weighted by atomic mass is 35.5. The normalized spacial score (nSPS) is 17.2. The van der Waals surface area contributed by atoms with Crippen molar-refractivity contribution in [1.82, 2.24) is 9.78 Å². The van der Waals surface area contributed by atoms with Gasteiger partial charge in [-0.2, -0.15) is 5.10 Å². The largest absolute Gasteiger partial charge is 0.394 e. The van der Waals surface area contributed by atoms with Crippen molar-refractivity contribution < 1.29 is 5.11 Å². The minimum atomic E-state index is -0.352. The summed E-state index contributed by atoms with van der Waals surface area (Å²) in [6.45, 7) is 0.0426. The molecule has 5 nitrogen and oxygen atoms in total. The lowest BCUT2D eigenvalue weighted by molar-refractivity contribution is 0.266. The summed E-state index contributed by atoms with van der Waals surface area (Å²) in [6.07, 6.45) is 8.77. The first-order valence-corrected chi connectivity index (χ1v) is 7.23. The van der Waals surface area contributed by atoms with Crippen LogP contribution in [0, 0.1) is 0 Å². The quantitative estimate of drug-likeness (QED) is 0.831. The third-order valence-corrected chi connectivity index (χ3v) is 3.88. The number of aliphatic hydroxyl groups excluding tert-OH is 1. The van der Waals surface area contributed by atoms with Gasteiger partial charge in [0.1, 0.15) is 5.02 Å². The van der Waals surface area contributed by atoms with Gasteiger partial charge < -0.3 is 10.4 Å².